The Morgan fingerprint density at radius 1 is 1.30 bits per heavy atom. The van der Waals surface area contributed by atoms with E-state index in [2.05, 4.69) is 17.3 Å². The first-order chi connectivity index (χ1) is 15.6. The summed E-state index contributed by atoms with van der Waals surface area (Å²) >= 11 is 0. The van der Waals surface area contributed by atoms with Crippen molar-refractivity contribution in [2.45, 2.75) is 53.2 Å². The van der Waals surface area contributed by atoms with Crippen LogP contribution in [0.15, 0.2) is 24.4 Å². The number of aromatic nitrogens is 2. The lowest BCUT2D eigenvalue weighted by Gasteiger charge is -2.41. The molecule has 0 spiro atoms. The quantitative estimate of drug-likeness (QED) is 0.722. The molecular formula is C24H32FN5O3. The van der Waals surface area contributed by atoms with Gasteiger partial charge in [-0.1, -0.05) is 13.0 Å². The van der Waals surface area contributed by atoms with Crippen LogP contribution < -0.4 is 5.32 Å². The molecule has 33 heavy (non-hydrogen) atoms. The highest BCUT2D eigenvalue weighted by atomic mass is 19.1. The summed E-state index contributed by atoms with van der Waals surface area (Å²) in [6, 6.07) is 4.15. The Labute approximate surface area is 193 Å². The van der Waals surface area contributed by atoms with Gasteiger partial charge in [0, 0.05) is 57.5 Å². The Bertz CT molecular complexity index is 1050. The molecule has 3 rings (SSSR count). The second-order valence-corrected chi connectivity index (χ2v) is 8.70. The van der Waals surface area contributed by atoms with Gasteiger partial charge in [0.05, 0.1) is 17.3 Å². The Morgan fingerprint density at radius 2 is 2.03 bits per heavy atom. The molecule has 9 heteroatoms. The molecule has 2 atom stereocenters. The minimum absolute atomic E-state index is 0.0693. The number of carbonyl (C=O) groups excluding carboxylic acids is 3. The fourth-order valence-electron chi connectivity index (χ4n) is 4.19. The predicted molar refractivity (Wildman–Crippen MR) is 122 cm³/mol. The molecule has 0 unspecified atom stereocenters. The Hall–Kier alpha value is -3.23. The van der Waals surface area contributed by atoms with Crippen molar-refractivity contribution in [2.75, 3.05) is 20.1 Å². The minimum atomic E-state index is -0.535. The van der Waals surface area contributed by atoms with Crippen LogP contribution in [-0.4, -0.2) is 63.5 Å². The largest absolute Gasteiger partial charge is 0.352 e. The van der Waals surface area contributed by atoms with Crippen molar-refractivity contribution in [1.29, 1.82) is 0 Å². The topological polar surface area (TPSA) is 87.5 Å². The molecule has 1 aromatic heterocycles. The van der Waals surface area contributed by atoms with Gasteiger partial charge in [0.25, 0.3) is 11.8 Å². The van der Waals surface area contributed by atoms with Gasteiger partial charge in [-0.15, -0.1) is 0 Å². The lowest BCUT2D eigenvalue weighted by atomic mass is 9.91. The van der Waals surface area contributed by atoms with E-state index in [4.69, 9.17) is 0 Å². The van der Waals surface area contributed by atoms with Gasteiger partial charge in [0.15, 0.2) is 0 Å². The van der Waals surface area contributed by atoms with Crippen molar-refractivity contribution < 1.29 is 18.8 Å². The van der Waals surface area contributed by atoms with E-state index in [0.29, 0.717) is 36.5 Å². The summed E-state index contributed by atoms with van der Waals surface area (Å²) < 4.78 is 16.2. The summed E-state index contributed by atoms with van der Waals surface area (Å²) in [5.41, 5.74) is 1.81. The number of likely N-dealkylation sites (tertiary alicyclic amines) is 1. The van der Waals surface area contributed by atoms with Crippen molar-refractivity contribution in [2.24, 2.45) is 5.92 Å². The first kappa shape index (κ1) is 24.4. The average molecular weight is 458 g/mol. The van der Waals surface area contributed by atoms with Crippen LogP contribution in [-0.2, 0) is 17.9 Å². The average Bonchev–Trinajstić information content (AvgIpc) is 3.17. The van der Waals surface area contributed by atoms with E-state index in [-0.39, 0.29) is 41.8 Å². The minimum Gasteiger partial charge on any atom is -0.352 e. The van der Waals surface area contributed by atoms with Crippen LogP contribution in [0.4, 0.5) is 4.39 Å². The van der Waals surface area contributed by atoms with Gasteiger partial charge in [-0.25, -0.2) is 4.39 Å². The Balaban J connectivity index is 1.73. The molecule has 0 bridgehead atoms. The summed E-state index contributed by atoms with van der Waals surface area (Å²) in [7, 11) is 1.76. The number of nitrogens with zero attached hydrogens (tertiary/aromatic N) is 4. The van der Waals surface area contributed by atoms with Gasteiger partial charge in [-0.2, -0.15) is 5.10 Å². The fraction of sp³-hybridized carbons (Fsp3) is 0.500. The number of likely N-dealkylation sites (N-methyl/N-ethyl adjacent to an activating group) is 1. The molecule has 0 aliphatic carbocycles. The zero-order valence-electron chi connectivity index (χ0n) is 19.9. The number of piperidine rings is 1. The molecule has 0 saturated carbocycles. The van der Waals surface area contributed by atoms with Gasteiger partial charge in [0.1, 0.15) is 5.82 Å². The maximum Gasteiger partial charge on any atom is 0.257 e. The SMILES string of the molecule is CCn1cc(C(=O)N(C)[C@H]2CN(C(=O)c3ccc(CNC(C)=O)c(F)c3)CC[C@H]2C)c(C)n1. The summed E-state index contributed by atoms with van der Waals surface area (Å²) in [5, 5.41) is 6.92. The molecule has 1 aliphatic heterocycles. The molecule has 3 amide bonds. The molecular weight excluding hydrogens is 425 g/mol. The van der Waals surface area contributed by atoms with Crippen molar-refractivity contribution in [3.05, 3.63) is 52.6 Å². The third-order valence-electron chi connectivity index (χ3n) is 6.35. The van der Waals surface area contributed by atoms with Gasteiger partial charge in [-0.05, 0) is 38.3 Å². The van der Waals surface area contributed by atoms with Gasteiger partial charge >= 0.3 is 0 Å². The van der Waals surface area contributed by atoms with Crippen LogP contribution in [0.25, 0.3) is 0 Å². The standard InChI is InChI=1S/C24H32FN5O3/c1-6-30-13-20(16(3)27-30)24(33)28(5)22-14-29(10-9-15(22)2)23(32)18-7-8-19(21(25)11-18)12-26-17(4)31/h7-8,11,13,15,22H,6,9-10,12,14H2,1-5H3,(H,26,31)/t15-,22+/m1/s1. The molecule has 1 N–H and O–H groups in total. The smallest absolute Gasteiger partial charge is 0.257 e. The second-order valence-electron chi connectivity index (χ2n) is 8.70. The molecule has 1 saturated heterocycles. The molecule has 2 heterocycles. The van der Waals surface area contributed by atoms with E-state index >= 15 is 0 Å². The zero-order chi connectivity index (χ0) is 24.3. The number of carbonyl (C=O) groups is 3. The highest BCUT2D eigenvalue weighted by Gasteiger charge is 2.35. The maximum absolute atomic E-state index is 14.5. The highest BCUT2D eigenvalue weighted by molar-refractivity contribution is 5.96. The molecule has 1 aromatic carbocycles. The lowest BCUT2D eigenvalue weighted by molar-refractivity contribution is -0.119. The first-order valence-electron chi connectivity index (χ1n) is 11.3. The number of halogens is 1. The third-order valence-corrected chi connectivity index (χ3v) is 6.35. The first-order valence-corrected chi connectivity index (χ1v) is 11.3. The third kappa shape index (κ3) is 5.40. The zero-order valence-corrected chi connectivity index (χ0v) is 19.9. The number of rotatable bonds is 6. The second kappa shape index (κ2) is 10.1. The van der Waals surface area contributed by atoms with Crippen molar-refractivity contribution in [3.8, 4) is 0 Å². The molecule has 1 aliphatic rings. The van der Waals surface area contributed by atoms with E-state index in [0.717, 1.165) is 6.42 Å². The van der Waals surface area contributed by atoms with Crippen LogP contribution in [0.3, 0.4) is 0 Å². The lowest BCUT2D eigenvalue weighted by Crippen LogP contribution is -2.54. The monoisotopic (exact) mass is 457 g/mol. The molecule has 2 aromatic rings. The van der Waals surface area contributed by atoms with Crippen LogP contribution in [0, 0.1) is 18.7 Å². The molecule has 178 valence electrons. The van der Waals surface area contributed by atoms with Crippen LogP contribution in [0.5, 0.6) is 0 Å². The molecule has 8 nitrogen and oxygen atoms in total. The van der Waals surface area contributed by atoms with Crippen molar-refractivity contribution >= 4 is 17.7 Å². The summed E-state index contributed by atoms with van der Waals surface area (Å²) in [6.45, 7) is 8.89. The van der Waals surface area contributed by atoms with Gasteiger partial charge in [0.2, 0.25) is 5.91 Å². The van der Waals surface area contributed by atoms with Crippen LogP contribution >= 0.6 is 0 Å². The normalized spacial score (nSPS) is 18.2. The fourth-order valence-corrected chi connectivity index (χ4v) is 4.19. The predicted octanol–water partition coefficient (Wildman–Crippen LogP) is 2.61. The van der Waals surface area contributed by atoms with Crippen molar-refractivity contribution in [1.82, 2.24) is 24.9 Å². The summed E-state index contributed by atoms with van der Waals surface area (Å²) in [6.07, 6.45) is 2.50. The highest BCUT2D eigenvalue weighted by Crippen LogP contribution is 2.25. The van der Waals surface area contributed by atoms with E-state index in [9.17, 15) is 18.8 Å². The van der Waals surface area contributed by atoms with E-state index in [1.165, 1.54) is 19.1 Å². The number of hydrogen-bond acceptors (Lipinski definition) is 4. The molecule has 1 fully saturated rings. The number of amides is 3. The number of hydrogen-bond donors (Lipinski definition) is 1. The maximum atomic E-state index is 14.5. The number of nitrogens with one attached hydrogen (secondary N) is 1. The van der Waals surface area contributed by atoms with Crippen molar-refractivity contribution in [3.63, 3.8) is 0 Å². The number of benzene rings is 1. The van der Waals surface area contributed by atoms with Gasteiger partial charge < -0.3 is 15.1 Å². The Kier molecular flexibility index (Phi) is 7.50. The van der Waals surface area contributed by atoms with E-state index in [1.807, 2.05) is 13.8 Å². The van der Waals surface area contributed by atoms with E-state index in [1.54, 1.807) is 33.8 Å². The summed E-state index contributed by atoms with van der Waals surface area (Å²) in [4.78, 5) is 40.7. The Morgan fingerprint density at radius 3 is 2.64 bits per heavy atom. The molecule has 0 radical (unpaired) electrons. The van der Waals surface area contributed by atoms with E-state index < -0.39 is 5.82 Å². The van der Waals surface area contributed by atoms with Crippen LogP contribution in [0.2, 0.25) is 0 Å². The van der Waals surface area contributed by atoms with Gasteiger partial charge in [-0.3, -0.25) is 19.1 Å². The van der Waals surface area contributed by atoms with Crippen LogP contribution in [0.1, 0.15) is 59.2 Å². The number of aryl methyl sites for hydroxylation is 2. The summed E-state index contributed by atoms with van der Waals surface area (Å²) in [5.74, 6) is -0.966.